The van der Waals surface area contributed by atoms with Crippen molar-refractivity contribution in [2.24, 2.45) is 0 Å². The van der Waals surface area contributed by atoms with Crippen molar-refractivity contribution < 1.29 is 9.59 Å². The standard InChI is InChI=1S/C25H26N4O2/c1-17(2)22-10-9-19(15-27-22)16-28-24(30)23-20-7-3-4-8-21(20)25(31)29(23)13-11-18-6-5-12-26-14-18/h3-10,12,14-15,17,23H,11,13,16H2,1-2H3,(H,28,30). The lowest BCUT2D eigenvalue weighted by Crippen LogP contribution is -2.39. The third-order valence-electron chi connectivity index (χ3n) is 5.58. The molecule has 3 aromatic rings. The van der Waals surface area contributed by atoms with E-state index >= 15 is 0 Å². The third-order valence-corrected chi connectivity index (χ3v) is 5.58. The van der Waals surface area contributed by atoms with Gasteiger partial charge in [0.15, 0.2) is 0 Å². The predicted octanol–water partition coefficient (Wildman–Crippen LogP) is 3.66. The Bertz CT molecular complexity index is 1060. The van der Waals surface area contributed by atoms with Crippen LogP contribution in [0.15, 0.2) is 67.1 Å². The van der Waals surface area contributed by atoms with Crippen LogP contribution in [-0.4, -0.2) is 33.2 Å². The molecule has 0 bridgehead atoms. The molecule has 1 aromatic carbocycles. The van der Waals surface area contributed by atoms with Crippen molar-refractivity contribution in [1.29, 1.82) is 0 Å². The normalized spacial score (nSPS) is 15.3. The van der Waals surface area contributed by atoms with Gasteiger partial charge in [-0.1, -0.05) is 44.2 Å². The van der Waals surface area contributed by atoms with Gasteiger partial charge < -0.3 is 10.2 Å². The van der Waals surface area contributed by atoms with E-state index in [1.165, 1.54) is 0 Å². The van der Waals surface area contributed by atoms with Crippen LogP contribution in [0.25, 0.3) is 0 Å². The van der Waals surface area contributed by atoms with E-state index in [1.807, 2.05) is 42.5 Å². The van der Waals surface area contributed by atoms with E-state index in [0.717, 1.165) is 22.4 Å². The molecule has 0 saturated heterocycles. The Morgan fingerprint density at radius 2 is 1.90 bits per heavy atom. The van der Waals surface area contributed by atoms with Crippen LogP contribution in [0.4, 0.5) is 0 Å². The first-order valence-electron chi connectivity index (χ1n) is 10.6. The zero-order chi connectivity index (χ0) is 21.8. The number of fused-ring (bicyclic) bond motifs is 1. The lowest BCUT2D eigenvalue weighted by atomic mass is 10.0. The second-order valence-electron chi connectivity index (χ2n) is 8.06. The summed E-state index contributed by atoms with van der Waals surface area (Å²) in [5, 5.41) is 2.99. The summed E-state index contributed by atoms with van der Waals surface area (Å²) >= 11 is 0. The number of hydrogen-bond acceptors (Lipinski definition) is 4. The Kier molecular flexibility index (Phi) is 6.07. The number of hydrogen-bond donors (Lipinski definition) is 1. The molecule has 2 aromatic heterocycles. The molecule has 31 heavy (non-hydrogen) atoms. The fourth-order valence-electron chi connectivity index (χ4n) is 3.85. The summed E-state index contributed by atoms with van der Waals surface area (Å²) in [6, 6.07) is 14.5. The van der Waals surface area contributed by atoms with E-state index in [0.29, 0.717) is 31.0 Å². The Labute approximate surface area is 182 Å². The van der Waals surface area contributed by atoms with Crippen molar-refractivity contribution >= 4 is 11.8 Å². The van der Waals surface area contributed by atoms with E-state index in [9.17, 15) is 9.59 Å². The van der Waals surface area contributed by atoms with Gasteiger partial charge in [-0.25, -0.2) is 0 Å². The van der Waals surface area contributed by atoms with Crippen LogP contribution >= 0.6 is 0 Å². The maximum atomic E-state index is 13.2. The van der Waals surface area contributed by atoms with E-state index in [4.69, 9.17) is 0 Å². The number of rotatable bonds is 7. The largest absolute Gasteiger partial charge is 0.350 e. The van der Waals surface area contributed by atoms with Crippen molar-refractivity contribution in [2.45, 2.75) is 38.8 Å². The zero-order valence-corrected chi connectivity index (χ0v) is 17.8. The van der Waals surface area contributed by atoms with Gasteiger partial charge >= 0.3 is 0 Å². The Morgan fingerprint density at radius 3 is 2.61 bits per heavy atom. The molecule has 3 heterocycles. The topological polar surface area (TPSA) is 75.2 Å². The third kappa shape index (κ3) is 4.48. The summed E-state index contributed by atoms with van der Waals surface area (Å²) in [4.78, 5) is 36.5. The van der Waals surface area contributed by atoms with Gasteiger partial charge in [-0.2, -0.15) is 0 Å². The van der Waals surface area contributed by atoms with Gasteiger partial charge in [0.25, 0.3) is 5.91 Å². The molecule has 0 aliphatic carbocycles. The van der Waals surface area contributed by atoms with Gasteiger partial charge in [-0.15, -0.1) is 0 Å². The molecule has 1 aliphatic rings. The number of nitrogens with one attached hydrogen (secondary N) is 1. The van der Waals surface area contributed by atoms with Gasteiger partial charge in [0, 0.05) is 42.9 Å². The van der Waals surface area contributed by atoms with Crippen LogP contribution in [0.5, 0.6) is 0 Å². The first-order chi connectivity index (χ1) is 15.0. The summed E-state index contributed by atoms with van der Waals surface area (Å²) in [5.74, 6) is 0.0676. The maximum absolute atomic E-state index is 13.2. The molecule has 158 valence electrons. The first-order valence-corrected chi connectivity index (χ1v) is 10.6. The molecule has 6 heteroatoms. The van der Waals surface area contributed by atoms with Gasteiger partial charge in [-0.3, -0.25) is 19.6 Å². The summed E-state index contributed by atoms with van der Waals surface area (Å²) in [6.45, 7) is 5.01. The molecular formula is C25H26N4O2. The highest BCUT2D eigenvalue weighted by Gasteiger charge is 2.40. The molecule has 2 amide bonds. The Morgan fingerprint density at radius 1 is 1.06 bits per heavy atom. The number of benzene rings is 1. The van der Waals surface area contributed by atoms with Crippen molar-refractivity contribution in [1.82, 2.24) is 20.2 Å². The highest BCUT2D eigenvalue weighted by atomic mass is 16.2. The fourth-order valence-corrected chi connectivity index (χ4v) is 3.85. The average molecular weight is 415 g/mol. The lowest BCUT2D eigenvalue weighted by Gasteiger charge is -2.24. The van der Waals surface area contributed by atoms with E-state index in [1.54, 1.807) is 29.6 Å². The van der Waals surface area contributed by atoms with Crippen LogP contribution < -0.4 is 5.32 Å². The molecule has 1 unspecified atom stereocenters. The minimum Gasteiger partial charge on any atom is -0.350 e. The predicted molar refractivity (Wildman–Crippen MR) is 118 cm³/mol. The number of pyridine rings is 2. The minimum absolute atomic E-state index is 0.109. The molecule has 6 nitrogen and oxygen atoms in total. The molecule has 0 spiro atoms. The number of amides is 2. The monoisotopic (exact) mass is 414 g/mol. The van der Waals surface area contributed by atoms with E-state index < -0.39 is 6.04 Å². The summed E-state index contributed by atoms with van der Waals surface area (Å²) in [6.07, 6.45) is 5.94. The minimum atomic E-state index is -0.636. The number of aromatic nitrogens is 2. The SMILES string of the molecule is CC(C)c1ccc(CNC(=O)C2c3ccccc3C(=O)N2CCc2cccnc2)cn1. The highest BCUT2D eigenvalue weighted by molar-refractivity contribution is 6.04. The molecule has 1 atom stereocenters. The van der Waals surface area contributed by atoms with Crippen molar-refractivity contribution in [3.8, 4) is 0 Å². The highest BCUT2D eigenvalue weighted by Crippen LogP contribution is 2.33. The average Bonchev–Trinajstić information content (AvgIpc) is 3.09. The molecule has 1 aliphatic heterocycles. The first kappa shape index (κ1) is 20.7. The quantitative estimate of drug-likeness (QED) is 0.640. The molecule has 1 N–H and O–H groups in total. The van der Waals surface area contributed by atoms with Crippen LogP contribution in [0.3, 0.4) is 0 Å². The molecular weight excluding hydrogens is 388 g/mol. The van der Waals surface area contributed by atoms with E-state index in [2.05, 4.69) is 29.1 Å². The van der Waals surface area contributed by atoms with Crippen molar-refractivity contribution in [3.63, 3.8) is 0 Å². The molecule has 4 rings (SSSR count). The summed E-state index contributed by atoms with van der Waals surface area (Å²) < 4.78 is 0. The number of carbonyl (C=O) groups is 2. The van der Waals surface area contributed by atoms with Crippen LogP contribution in [0.1, 0.15) is 58.5 Å². The summed E-state index contributed by atoms with van der Waals surface area (Å²) in [7, 11) is 0. The maximum Gasteiger partial charge on any atom is 0.255 e. The molecule has 0 saturated carbocycles. The molecule has 0 fully saturated rings. The van der Waals surface area contributed by atoms with Crippen molar-refractivity contribution in [2.75, 3.05) is 6.54 Å². The summed E-state index contributed by atoms with van der Waals surface area (Å²) in [5.41, 5.74) is 4.33. The number of carbonyl (C=O) groups excluding carboxylic acids is 2. The zero-order valence-electron chi connectivity index (χ0n) is 17.8. The van der Waals surface area contributed by atoms with E-state index in [-0.39, 0.29) is 11.8 Å². The second-order valence-corrected chi connectivity index (χ2v) is 8.06. The Balaban J connectivity index is 1.49. The Hall–Kier alpha value is -3.54. The van der Waals surface area contributed by atoms with Crippen LogP contribution in [0, 0.1) is 0 Å². The lowest BCUT2D eigenvalue weighted by molar-refractivity contribution is -0.125. The number of nitrogens with zero attached hydrogens (tertiary/aromatic N) is 3. The van der Waals surface area contributed by atoms with Crippen molar-refractivity contribution in [3.05, 3.63) is 95.1 Å². The molecule has 0 radical (unpaired) electrons. The van der Waals surface area contributed by atoms with Crippen LogP contribution in [-0.2, 0) is 17.8 Å². The van der Waals surface area contributed by atoms with Gasteiger partial charge in [0.05, 0.1) is 0 Å². The van der Waals surface area contributed by atoms with Crippen LogP contribution in [0.2, 0.25) is 0 Å². The van der Waals surface area contributed by atoms with Gasteiger partial charge in [0.1, 0.15) is 6.04 Å². The second kappa shape index (κ2) is 9.08. The fraction of sp³-hybridized carbons (Fsp3) is 0.280. The smallest absolute Gasteiger partial charge is 0.255 e. The van der Waals surface area contributed by atoms with Gasteiger partial charge in [0.2, 0.25) is 5.91 Å². The van der Waals surface area contributed by atoms with Gasteiger partial charge in [-0.05, 0) is 47.2 Å².